The van der Waals surface area contributed by atoms with Crippen molar-refractivity contribution >= 4 is 11.8 Å². The van der Waals surface area contributed by atoms with Crippen LogP contribution in [0.15, 0.2) is 43.0 Å². The molecule has 0 unspecified atom stereocenters. The first kappa shape index (κ1) is 14.8. The third kappa shape index (κ3) is 2.90. The van der Waals surface area contributed by atoms with E-state index in [9.17, 15) is 9.59 Å². The lowest BCUT2D eigenvalue weighted by atomic mass is 10.1. The van der Waals surface area contributed by atoms with Gasteiger partial charge in [0, 0.05) is 13.1 Å². The third-order valence-corrected chi connectivity index (χ3v) is 4.12. The average Bonchev–Trinajstić information content (AvgIpc) is 3.21. The van der Waals surface area contributed by atoms with Crippen molar-refractivity contribution in [3.63, 3.8) is 0 Å². The number of nitrogens with zero attached hydrogens (tertiary/aromatic N) is 1. The number of carbonyl (C=O) groups is 2. The molecule has 0 spiro atoms. The van der Waals surface area contributed by atoms with Crippen molar-refractivity contribution < 1.29 is 14.3 Å². The molecule has 3 rings (SSSR count). The van der Waals surface area contributed by atoms with E-state index in [0.717, 1.165) is 12.0 Å². The fraction of sp³-hybridized carbons (Fsp3) is 0.412. The average molecular weight is 300 g/mol. The van der Waals surface area contributed by atoms with Crippen LogP contribution in [0, 0.1) is 0 Å². The summed E-state index contributed by atoms with van der Waals surface area (Å²) in [5, 5.41) is 2.77. The number of carbonyl (C=O) groups excluding carboxylic acids is 2. The summed E-state index contributed by atoms with van der Waals surface area (Å²) in [6, 6.07) is 9.32. The Morgan fingerprint density at radius 1 is 1.36 bits per heavy atom. The summed E-state index contributed by atoms with van der Waals surface area (Å²) in [7, 11) is 0. The maximum Gasteiger partial charge on any atom is 0.255 e. The minimum atomic E-state index is -0.449. The summed E-state index contributed by atoms with van der Waals surface area (Å²) in [6.45, 7) is 4.62. The van der Waals surface area contributed by atoms with Crippen molar-refractivity contribution in [1.29, 1.82) is 0 Å². The Morgan fingerprint density at radius 3 is 2.86 bits per heavy atom. The fourth-order valence-corrected chi connectivity index (χ4v) is 2.95. The van der Waals surface area contributed by atoms with Crippen LogP contribution in [-0.2, 0) is 14.3 Å². The van der Waals surface area contributed by atoms with Crippen molar-refractivity contribution in [3.05, 3.63) is 48.6 Å². The number of ether oxygens (including phenoxy) is 1. The number of nitrogens with one attached hydrogen (secondary N) is 1. The highest BCUT2D eigenvalue weighted by Crippen LogP contribution is 2.40. The lowest BCUT2D eigenvalue weighted by Crippen LogP contribution is -2.47. The van der Waals surface area contributed by atoms with Gasteiger partial charge in [-0.15, -0.1) is 6.58 Å². The Hall–Kier alpha value is -2.14. The number of rotatable bonds is 5. The van der Waals surface area contributed by atoms with Crippen LogP contribution in [0.1, 0.15) is 24.5 Å². The molecule has 2 aliphatic rings. The van der Waals surface area contributed by atoms with Crippen LogP contribution >= 0.6 is 0 Å². The Labute approximate surface area is 129 Å². The molecule has 1 aromatic carbocycles. The first-order valence-corrected chi connectivity index (χ1v) is 7.62. The number of likely N-dealkylation sites (tertiary alicyclic amines) is 1. The molecule has 1 N–H and O–H groups in total. The third-order valence-electron chi connectivity index (χ3n) is 4.12. The summed E-state index contributed by atoms with van der Waals surface area (Å²) in [6.07, 6.45) is 2.56. The van der Waals surface area contributed by atoms with E-state index in [4.69, 9.17) is 4.74 Å². The molecular weight excluding hydrogens is 280 g/mol. The molecule has 116 valence electrons. The smallest absolute Gasteiger partial charge is 0.255 e. The minimum absolute atomic E-state index is 0.0786. The molecule has 3 atom stereocenters. The van der Waals surface area contributed by atoms with Crippen molar-refractivity contribution in [1.82, 2.24) is 10.2 Å². The van der Waals surface area contributed by atoms with Gasteiger partial charge >= 0.3 is 0 Å². The Morgan fingerprint density at radius 2 is 2.14 bits per heavy atom. The van der Waals surface area contributed by atoms with Gasteiger partial charge in [0.2, 0.25) is 5.91 Å². The van der Waals surface area contributed by atoms with Gasteiger partial charge in [-0.1, -0.05) is 36.4 Å². The van der Waals surface area contributed by atoms with E-state index in [1.165, 1.54) is 0 Å². The zero-order valence-electron chi connectivity index (χ0n) is 12.4. The van der Waals surface area contributed by atoms with E-state index in [0.29, 0.717) is 19.5 Å². The summed E-state index contributed by atoms with van der Waals surface area (Å²) in [5.41, 5.74) is 1.01. The summed E-state index contributed by atoms with van der Waals surface area (Å²) in [4.78, 5) is 26.4. The second kappa shape index (κ2) is 6.32. The van der Waals surface area contributed by atoms with Gasteiger partial charge < -0.3 is 15.0 Å². The number of hydrogen-bond donors (Lipinski definition) is 1. The molecule has 5 nitrogen and oxygen atoms in total. The second-order valence-corrected chi connectivity index (χ2v) is 5.61. The van der Waals surface area contributed by atoms with Gasteiger partial charge in [0.15, 0.2) is 6.10 Å². The molecule has 2 aliphatic heterocycles. The van der Waals surface area contributed by atoms with Gasteiger partial charge in [0.25, 0.3) is 5.91 Å². The van der Waals surface area contributed by atoms with Crippen LogP contribution < -0.4 is 5.32 Å². The highest BCUT2D eigenvalue weighted by atomic mass is 16.6. The number of hydrogen-bond acceptors (Lipinski definition) is 3. The van der Waals surface area contributed by atoms with E-state index < -0.39 is 6.10 Å². The highest BCUT2D eigenvalue weighted by molar-refractivity contribution is 5.91. The SMILES string of the molecule is C=CCNC(=O)[C@H]1CCCN1C(=O)[C@@H]1O[C@H]1c1ccccc1. The van der Waals surface area contributed by atoms with E-state index in [-0.39, 0.29) is 24.0 Å². The van der Waals surface area contributed by atoms with Crippen LogP contribution in [-0.4, -0.2) is 41.9 Å². The van der Waals surface area contributed by atoms with Crippen LogP contribution in [0.5, 0.6) is 0 Å². The predicted octanol–water partition coefficient (Wildman–Crippen LogP) is 1.42. The van der Waals surface area contributed by atoms with Gasteiger partial charge in [-0.3, -0.25) is 9.59 Å². The van der Waals surface area contributed by atoms with Crippen LogP contribution in [0.4, 0.5) is 0 Å². The molecule has 0 saturated carbocycles. The highest BCUT2D eigenvalue weighted by Gasteiger charge is 2.50. The lowest BCUT2D eigenvalue weighted by molar-refractivity contribution is -0.139. The van der Waals surface area contributed by atoms with Gasteiger partial charge in [0.05, 0.1) is 0 Å². The quantitative estimate of drug-likeness (QED) is 0.661. The van der Waals surface area contributed by atoms with E-state index in [2.05, 4.69) is 11.9 Å². The molecule has 0 radical (unpaired) electrons. The van der Waals surface area contributed by atoms with E-state index in [1.807, 2.05) is 30.3 Å². The molecule has 2 fully saturated rings. The molecule has 22 heavy (non-hydrogen) atoms. The topological polar surface area (TPSA) is 61.9 Å². The van der Waals surface area contributed by atoms with Crippen LogP contribution in [0.25, 0.3) is 0 Å². The summed E-state index contributed by atoms with van der Waals surface area (Å²) >= 11 is 0. The minimum Gasteiger partial charge on any atom is -0.354 e. The fourth-order valence-electron chi connectivity index (χ4n) is 2.95. The molecule has 0 aliphatic carbocycles. The van der Waals surface area contributed by atoms with E-state index >= 15 is 0 Å². The van der Waals surface area contributed by atoms with Crippen molar-refractivity contribution in [2.75, 3.05) is 13.1 Å². The monoisotopic (exact) mass is 300 g/mol. The summed E-state index contributed by atoms with van der Waals surface area (Å²) < 4.78 is 5.55. The Balaban J connectivity index is 1.63. The maximum atomic E-state index is 12.6. The predicted molar refractivity (Wildman–Crippen MR) is 82.0 cm³/mol. The molecule has 0 aromatic heterocycles. The first-order chi connectivity index (χ1) is 10.7. The van der Waals surface area contributed by atoms with Crippen molar-refractivity contribution in [2.24, 2.45) is 0 Å². The molecule has 1 aromatic rings. The molecule has 2 heterocycles. The molecular formula is C17H20N2O3. The standard InChI is InChI=1S/C17H20N2O3/c1-2-10-18-16(20)13-9-6-11-19(13)17(21)15-14(22-15)12-7-4-3-5-8-12/h2-5,7-8,13-15H,1,6,9-11H2,(H,18,20)/t13-,14+,15-/m1/s1. The zero-order valence-corrected chi connectivity index (χ0v) is 12.4. The molecule has 5 heteroatoms. The zero-order chi connectivity index (χ0) is 15.5. The molecule has 0 bridgehead atoms. The number of benzene rings is 1. The van der Waals surface area contributed by atoms with Crippen LogP contribution in [0.3, 0.4) is 0 Å². The van der Waals surface area contributed by atoms with Gasteiger partial charge in [-0.2, -0.15) is 0 Å². The largest absolute Gasteiger partial charge is 0.354 e. The van der Waals surface area contributed by atoms with Gasteiger partial charge in [0.1, 0.15) is 12.1 Å². The number of epoxide rings is 1. The molecule has 2 saturated heterocycles. The summed E-state index contributed by atoms with van der Waals surface area (Å²) in [5.74, 6) is -0.187. The second-order valence-electron chi connectivity index (χ2n) is 5.61. The van der Waals surface area contributed by atoms with Crippen LogP contribution in [0.2, 0.25) is 0 Å². The Kier molecular flexibility index (Phi) is 4.24. The van der Waals surface area contributed by atoms with Crippen molar-refractivity contribution in [2.45, 2.75) is 31.1 Å². The lowest BCUT2D eigenvalue weighted by Gasteiger charge is -2.23. The van der Waals surface area contributed by atoms with Gasteiger partial charge in [-0.25, -0.2) is 0 Å². The van der Waals surface area contributed by atoms with Crippen molar-refractivity contribution in [3.8, 4) is 0 Å². The molecule has 2 amide bonds. The van der Waals surface area contributed by atoms with E-state index in [1.54, 1.807) is 11.0 Å². The Bertz CT molecular complexity index is 573. The maximum absolute atomic E-state index is 12.6. The number of amides is 2. The first-order valence-electron chi connectivity index (χ1n) is 7.62. The van der Waals surface area contributed by atoms with Gasteiger partial charge in [-0.05, 0) is 18.4 Å². The normalized spacial score (nSPS) is 26.5.